The Morgan fingerprint density at radius 2 is 1.92 bits per heavy atom. The number of hydrogen-bond donors (Lipinski definition) is 2. The molecule has 0 spiro atoms. The van der Waals surface area contributed by atoms with Gasteiger partial charge in [-0.05, 0) is 43.2 Å². The Morgan fingerprint density at radius 1 is 1.23 bits per heavy atom. The predicted molar refractivity (Wildman–Crippen MR) is 96.8 cm³/mol. The molecule has 1 aromatic carbocycles. The number of piperidine rings is 1. The molecular weight excluding hydrogens is 340 g/mol. The number of nitrogens with one attached hydrogen (secondary N) is 2. The van der Waals surface area contributed by atoms with Gasteiger partial charge in [0.1, 0.15) is 11.6 Å². The van der Waals surface area contributed by atoms with E-state index in [2.05, 4.69) is 10.6 Å². The first-order valence-corrected chi connectivity index (χ1v) is 9.13. The fourth-order valence-corrected chi connectivity index (χ4v) is 3.07. The van der Waals surface area contributed by atoms with Crippen molar-refractivity contribution in [2.24, 2.45) is 11.8 Å². The van der Waals surface area contributed by atoms with E-state index < -0.39 is 11.6 Å². The number of carbonyl (C=O) groups is 2. The van der Waals surface area contributed by atoms with Gasteiger partial charge in [0.25, 0.3) is 0 Å². The van der Waals surface area contributed by atoms with E-state index in [-0.39, 0.29) is 17.6 Å². The van der Waals surface area contributed by atoms with Crippen LogP contribution in [0.25, 0.3) is 0 Å². The highest BCUT2D eigenvalue weighted by molar-refractivity contribution is 5.89. The summed E-state index contributed by atoms with van der Waals surface area (Å²) in [5.74, 6) is -0.575. The van der Waals surface area contributed by atoms with Gasteiger partial charge < -0.3 is 15.5 Å². The maximum atomic E-state index is 13.6. The van der Waals surface area contributed by atoms with Gasteiger partial charge in [0.15, 0.2) is 0 Å². The molecule has 5 nitrogen and oxygen atoms in total. The Kier molecular flexibility index (Phi) is 7.36. The maximum Gasteiger partial charge on any atom is 0.321 e. The van der Waals surface area contributed by atoms with Crippen LogP contribution in [0.15, 0.2) is 18.2 Å². The molecule has 1 aromatic rings. The van der Waals surface area contributed by atoms with Crippen LogP contribution in [-0.4, -0.2) is 36.5 Å². The van der Waals surface area contributed by atoms with Crippen molar-refractivity contribution in [2.75, 3.05) is 25.0 Å². The van der Waals surface area contributed by atoms with E-state index in [4.69, 9.17) is 0 Å². The largest absolute Gasteiger partial charge is 0.356 e. The summed E-state index contributed by atoms with van der Waals surface area (Å²) in [4.78, 5) is 25.5. The Balaban J connectivity index is 1.70. The molecule has 0 unspecified atom stereocenters. The van der Waals surface area contributed by atoms with E-state index in [0.717, 1.165) is 31.4 Å². The quantitative estimate of drug-likeness (QED) is 0.804. The minimum Gasteiger partial charge on any atom is -0.356 e. The zero-order valence-corrected chi connectivity index (χ0v) is 15.4. The molecular formula is C19H27F2N3O2. The summed E-state index contributed by atoms with van der Waals surface area (Å²) in [5, 5.41) is 5.42. The lowest BCUT2D eigenvalue weighted by molar-refractivity contribution is -0.121. The average molecular weight is 367 g/mol. The molecule has 7 heteroatoms. The third kappa shape index (κ3) is 6.28. The topological polar surface area (TPSA) is 61.4 Å². The van der Waals surface area contributed by atoms with E-state index in [9.17, 15) is 18.4 Å². The highest BCUT2D eigenvalue weighted by atomic mass is 19.1. The summed E-state index contributed by atoms with van der Waals surface area (Å²) in [5.41, 5.74) is -0.0219. The first-order chi connectivity index (χ1) is 12.3. The van der Waals surface area contributed by atoms with Gasteiger partial charge in [-0.25, -0.2) is 13.6 Å². The molecule has 1 heterocycles. The van der Waals surface area contributed by atoms with Crippen LogP contribution in [0, 0.1) is 23.5 Å². The minimum atomic E-state index is -0.787. The van der Waals surface area contributed by atoms with Gasteiger partial charge in [-0.3, -0.25) is 4.79 Å². The highest BCUT2D eigenvalue weighted by Crippen LogP contribution is 2.22. The molecule has 0 atom stereocenters. The third-order valence-corrected chi connectivity index (χ3v) is 4.54. The molecule has 2 N–H and O–H groups in total. The van der Waals surface area contributed by atoms with E-state index in [1.54, 1.807) is 4.90 Å². The Morgan fingerprint density at radius 3 is 2.54 bits per heavy atom. The standard InChI is InChI=1S/C19H27F2N3O2/c1-13(2)11-18(25)22-8-5-14-6-9-24(10-7-14)19(26)23-17-4-3-15(20)12-16(17)21/h3-4,12-14H,5-11H2,1-2H3,(H,22,25)(H,23,26). The molecule has 1 aliphatic rings. The van der Waals surface area contributed by atoms with E-state index >= 15 is 0 Å². The number of carbonyl (C=O) groups excluding carboxylic acids is 2. The van der Waals surface area contributed by atoms with E-state index in [1.807, 2.05) is 13.8 Å². The van der Waals surface area contributed by atoms with Crippen LogP contribution in [0.5, 0.6) is 0 Å². The predicted octanol–water partition coefficient (Wildman–Crippen LogP) is 3.76. The molecule has 0 aromatic heterocycles. The molecule has 0 aliphatic carbocycles. The fourth-order valence-electron chi connectivity index (χ4n) is 3.07. The van der Waals surface area contributed by atoms with Gasteiger partial charge in [-0.1, -0.05) is 13.8 Å². The molecule has 0 bridgehead atoms. The Hall–Kier alpha value is -2.18. The molecule has 0 radical (unpaired) electrons. The van der Waals surface area contributed by atoms with Gasteiger partial charge in [-0.2, -0.15) is 0 Å². The SMILES string of the molecule is CC(C)CC(=O)NCCC1CCN(C(=O)Nc2ccc(F)cc2F)CC1. The van der Waals surface area contributed by atoms with Gasteiger partial charge >= 0.3 is 6.03 Å². The van der Waals surface area contributed by atoms with Crippen LogP contribution in [0.1, 0.15) is 39.5 Å². The average Bonchev–Trinajstić information content (AvgIpc) is 2.57. The number of nitrogens with zero attached hydrogens (tertiary/aromatic N) is 1. The van der Waals surface area contributed by atoms with Crippen molar-refractivity contribution in [3.8, 4) is 0 Å². The summed E-state index contributed by atoms with van der Waals surface area (Å²) < 4.78 is 26.5. The van der Waals surface area contributed by atoms with Crippen LogP contribution in [-0.2, 0) is 4.79 Å². The molecule has 0 saturated carbocycles. The summed E-state index contributed by atoms with van der Waals surface area (Å²) in [7, 11) is 0. The van der Waals surface area contributed by atoms with Crippen molar-refractivity contribution in [3.05, 3.63) is 29.8 Å². The first-order valence-electron chi connectivity index (χ1n) is 9.13. The minimum absolute atomic E-state index is 0.0219. The van der Waals surface area contributed by atoms with E-state index in [0.29, 0.717) is 37.9 Å². The first kappa shape index (κ1) is 20.1. The lowest BCUT2D eigenvalue weighted by Crippen LogP contribution is -2.41. The lowest BCUT2D eigenvalue weighted by atomic mass is 9.93. The monoisotopic (exact) mass is 367 g/mol. The van der Waals surface area contributed by atoms with Crippen molar-refractivity contribution in [1.82, 2.24) is 10.2 Å². The second kappa shape index (κ2) is 9.50. The van der Waals surface area contributed by atoms with Crippen LogP contribution < -0.4 is 10.6 Å². The van der Waals surface area contributed by atoms with Crippen molar-refractivity contribution in [2.45, 2.75) is 39.5 Å². The third-order valence-electron chi connectivity index (χ3n) is 4.54. The fraction of sp³-hybridized carbons (Fsp3) is 0.579. The number of benzene rings is 1. The highest BCUT2D eigenvalue weighted by Gasteiger charge is 2.23. The van der Waals surface area contributed by atoms with Crippen molar-refractivity contribution < 1.29 is 18.4 Å². The lowest BCUT2D eigenvalue weighted by Gasteiger charge is -2.32. The molecule has 3 amide bonds. The smallest absolute Gasteiger partial charge is 0.321 e. The van der Waals surface area contributed by atoms with Crippen LogP contribution in [0.2, 0.25) is 0 Å². The summed E-state index contributed by atoms with van der Waals surface area (Å²) in [6.07, 6.45) is 3.13. The molecule has 144 valence electrons. The molecule has 26 heavy (non-hydrogen) atoms. The number of anilines is 1. The van der Waals surface area contributed by atoms with Gasteiger partial charge in [0.05, 0.1) is 5.69 Å². The van der Waals surface area contributed by atoms with Crippen LogP contribution in [0.3, 0.4) is 0 Å². The normalized spacial score (nSPS) is 15.2. The molecule has 2 rings (SSSR count). The number of amides is 3. The number of likely N-dealkylation sites (tertiary alicyclic amines) is 1. The Labute approximate surface area is 153 Å². The van der Waals surface area contributed by atoms with Gasteiger partial charge in [-0.15, -0.1) is 0 Å². The van der Waals surface area contributed by atoms with Gasteiger partial charge in [0.2, 0.25) is 5.91 Å². The van der Waals surface area contributed by atoms with Crippen molar-refractivity contribution >= 4 is 17.6 Å². The van der Waals surface area contributed by atoms with E-state index in [1.165, 1.54) is 6.07 Å². The number of hydrogen-bond acceptors (Lipinski definition) is 2. The second-order valence-electron chi connectivity index (χ2n) is 7.22. The summed E-state index contributed by atoms with van der Waals surface area (Å²) >= 11 is 0. The number of halogens is 2. The summed E-state index contributed by atoms with van der Waals surface area (Å²) in [6, 6.07) is 2.70. The zero-order valence-electron chi connectivity index (χ0n) is 15.4. The van der Waals surface area contributed by atoms with Crippen molar-refractivity contribution in [1.29, 1.82) is 0 Å². The number of urea groups is 1. The Bertz CT molecular complexity index is 629. The van der Waals surface area contributed by atoms with Crippen LogP contribution in [0.4, 0.5) is 19.3 Å². The zero-order chi connectivity index (χ0) is 19.1. The molecule has 1 saturated heterocycles. The van der Waals surface area contributed by atoms with Gasteiger partial charge in [0, 0.05) is 32.1 Å². The molecule has 1 aliphatic heterocycles. The van der Waals surface area contributed by atoms with Crippen LogP contribution >= 0.6 is 0 Å². The number of rotatable bonds is 6. The maximum absolute atomic E-state index is 13.6. The second-order valence-corrected chi connectivity index (χ2v) is 7.22. The molecule has 1 fully saturated rings. The summed E-state index contributed by atoms with van der Waals surface area (Å²) in [6.45, 7) is 5.85. The van der Waals surface area contributed by atoms with Crippen molar-refractivity contribution in [3.63, 3.8) is 0 Å².